The van der Waals surface area contributed by atoms with E-state index >= 15 is 0 Å². The average Bonchev–Trinajstić information content (AvgIpc) is 3.68. The standard InChI is InChI=1S/C25H25.C9H13.C8H8.2ClH.Zr/c1-14-12-24(3,4)22-8-16-7-17-9-23-19(15(2)13-25(23,5)6)11-21(17)20(16)10-18(14)22;1-9(2,3)8-6-4-5-7-8;1-2-8-6-4-3-5-7-8;;;/h8-12H,7H2,1-6H3;4-7H,1-3H3;3-7H,1H3;2*1H;/q2*-1;;;;+2/p-2. The summed E-state index contributed by atoms with van der Waals surface area (Å²) in [6.45, 7) is 22.5. The third-order valence-electron chi connectivity index (χ3n) is 9.17. The predicted octanol–water partition coefficient (Wildman–Crippen LogP) is 4.93. The van der Waals surface area contributed by atoms with Crippen LogP contribution in [0.15, 0.2) is 84.9 Å². The Morgan fingerprint density at radius 2 is 1.38 bits per heavy atom. The summed E-state index contributed by atoms with van der Waals surface area (Å²) in [6.07, 6.45) is 7.13. The Kier molecular flexibility index (Phi) is 11.5. The molecule has 0 N–H and O–H groups in total. The van der Waals surface area contributed by atoms with E-state index in [1.807, 2.05) is 6.07 Å². The first-order valence-electron chi connectivity index (χ1n) is 15.6. The topological polar surface area (TPSA) is 0 Å². The molecule has 0 bridgehead atoms. The predicted molar refractivity (Wildman–Crippen MR) is 184 cm³/mol. The molecule has 0 fully saturated rings. The molecule has 0 aromatic heterocycles. The van der Waals surface area contributed by atoms with Crippen molar-refractivity contribution in [3.63, 3.8) is 0 Å². The van der Waals surface area contributed by atoms with Gasteiger partial charge in [0.05, 0.1) is 0 Å². The van der Waals surface area contributed by atoms with E-state index in [1.165, 1.54) is 94.2 Å². The fraction of sp³-hybridized carbons (Fsp3) is 0.333. The van der Waals surface area contributed by atoms with Gasteiger partial charge in [-0.15, -0.1) is 11.6 Å². The minimum absolute atomic E-state index is 0. The summed E-state index contributed by atoms with van der Waals surface area (Å²) >= 11 is 1.51. The number of halogens is 2. The molecule has 7 rings (SSSR count). The number of fused-ring (bicyclic) bond motifs is 5. The summed E-state index contributed by atoms with van der Waals surface area (Å²) in [4.78, 5) is 0. The van der Waals surface area contributed by atoms with Crippen LogP contribution in [0.3, 0.4) is 0 Å². The van der Waals surface area contributed by atoms with E-state index < -0.39 is 0 Å². The van der Waals surface area contributed by atoms with Crippen molar-refractivity contribution in [3.8, 4) is 11.1 Å². The molecule has 4 aromatic carbocycles. The van der Waals surface area contributed by atoms with E-state index in [2.05, 4.69) is 154 Å². The molecule has 234 valence electrons. The van der Waals surface area contributed by atoms with Gasteiger partial charge in [-0.1, -0.05) is 84.4 Å². The normalized spacial score (nSPS) is 15.6. The molecule has 0 heterocycles. The van der Waals surface area contributed by atoms with Crippen molar-refractivity contribution >= 4 is 14.4 Å². The van der Waals surface area contributed by atoms with Gasteiger partial charge in [-0.25, -0.2) is 11.6 Å². The molecule has 0 spiro atoms. The molecule has 0 amide bonds. The zero-order valence-electron chi connectivity index (χ0n) is 28.5. The molecule has 0 nitrogen and oxygen atoms in total. The zero-order valence-corrected chi connectivity index (χ0v) is 32.5. The molecular weight excluding hydrogens is 667 g/mol. The number of hydrogen-bond donors (Lipinski definition) is 0. The van der Waals surface area contributed by atoms with E-state index in [4.69, 9.17) is 0 Å². The first kappa shape index (κ1) is 37.3. The van der Waals surface area contributed by atoms with Crippen LogP contribution in [0.2, 0.25) is 0 Å². The molecule has 3 aliphatic carbocycles. The van der Waals surface area contributed by atoms with Gasteiger partial charge >= 0.3 is 70.3 Å². The third kappa shape index (κ3) is 7.70. The number of hydrogen-bond acceptors (Lipinski definition) is 0. The van der Waals surface area contributed by atoms with Crippen molar-refractivity contribution in [2.45, 2.75) is 91.9 Å². The van der Waals surface area contributed by atoms with Crippen LogP contribution in [0.1, 0.15) is 114 Å². The van der Waals surface area contributed by atoms with Crippen molar-refractivity contribution < 1.29 is 49.0 Å². The van der Waals surface area contributed by atoms with Crippen LogP contribution in [0.4, 0.5) is 0 Å². The molecule has 0 radical (unpaired) electrons. The van der Waals surface area contributed by atoms with Gasteiger partial charge in [0, 0.05) is 5.41 Å². The largest absolute Gasteiger partial charge is 1.00 e. The smallest absolute Gasteiger partial charge is 1.00 e. The Labute approximate surface area is 300 Å². The summed E-state index contributed by atoms with van der Waals surface area (Å²) in [6, 6.07) is 28.8. The van der Waals surface area contributed by atoms with Crippen molar-refractivity contribution in [2.24, 2.45) is 0 Å². The van der Waals surface area contributed by atoms with Gasteiger partial charge in [-0.3, -0.25) is 6.08 Å². The van der Waals surface area contributed by atoms with Crippen molar-refractivity contribution in [1.29, 1.82) is 0 Å². The number of benzene rings is 3. The second-order valence-corrected chi connectivity index (χ2v) is 16.5. The van der Waals surface area contributed by atoms with Crippen LogP contribution in [0.25, 0.3) is 22.3 Å². The fourth-order valence-corrected chi connectivity index (χ4v) is 7.25. The van der Waals surface area contributed by atoms with Crippen LogP contribution in [-0.2, 0) is 46.9 Å². The van der Waals surface area contributed by atoms with Crippen LogP contribution < -0.4 is 24.8 Å². The summed E-state index contributed by atoms with van der Waals surface area (Å²) in [5.41, 5.74) is 17.7. The molecule has 3 heteroatoms. The molecule has 0 saturated heterocycles. The summed E-state index contributed by atoms with van der Waals surface area (Å²) in [5.74, 6) is 0. The van der Waals surface area contributed by atoms with E-state index in [9.17, 15) is 0 Å². The molecular formula is C42H46Cl2Zr-2. The van der Waals surface area contributed by atoms with Crippen LogP contribution in [-0.4, -0.2) is 3.21 Å². The quantitative estimate of drug-likeness (QED) is 0.217. The minimum atomic E-state index is 0. The van der Waals surface area contributed by atoms with Gasteiger partial charge in [-0.2, -0.15) is 29.3 Å². The maximum Gasteiger partial charge on any atom is -1.00 e. The van der Waals surface area contributed by atoms with Crippen LogP contribution in [0.5, 0.6) is 0 Å². The summed E-state index contributed by atoms with van der Waals surface area (Å²) < 4.78 is 1.46. The maximum atomic E-state index is 3.65. The van der Waals surface area contributed by atoms with Gasteiger partial charge in [0.2, 0.25) is 0 Å². The molecule has 0 aliphatic heterocycles. The Hall–Kier alpha value is -2.18. The van der Waals surface area contributed by atoms with Crippen molar-refractivity contribution in [1.82, 2.24) is 0 Å². The van der Waals surface area contributed by atoms with Crippen molar-refractivity contribution in [2.75, 3.05) is 0 Å². The summed E-state index contributed by atoms with van der Waals surface area (Å²) in [7, 11) is 0. The molecule has 0 atom stereocenters. The monoisotopic (exact) mass is 710 g/mol. The Morgan fingerprint density at radius 3 is 1.87 bits per heavy atom. The second kappa shape index (κ2) is 13.9. The fourth-order valence-electron chi connectivity index (χ4n) is 6.84. The molecule has 0 saturated carbocycles. The Bertz CT molecular complexity index is 1660. The first-order valence-corrected chi connectivity index (χ1v) is 16.8. The van der Waals surface area contributed by atoms with Gasteiger partial charge in [0.15, 0.2) is 0 Å². The van der Waals surface area contributed by atoms with Gasteiger partial charge in [0.1, 0.15) is 0 Å². The van der Waals surface area contributed by atoms with Crippen LogP contribution >= 0.6 is 0 Å². The SMILES string of the molecule is CC(C)(C)c1cc[cH-]c1.CC1=[C-]C(C)(C)c2cc3c(cc21)-c1cc2c(cc1C3)C(C)(C)C=C2C.C[C](=[Zr+2])c1ccccc1.[Cl-].[Cl-]. The molecule has 0 unspecified atom stereocenters. The van der Waals surface area contributed by atoms with Gasteiger partial charge < -0.3 is 24.8 Å². The Balaban J connectivity index is 0.000000229. The zero-order chi connectivity index (χ0) is 31.3. The maximum absolute atomic E-state index is 3.65. The van der Waals surface area contributed by atoms with E-state index in [0.29, 0.717) is 5.41 Å². The first-order chi connectivity index (χ1) is 20.1. The van der Waals surface area contributed by atoms with Crippen molar-refractivity contribution in [3.05, 3.63) is 136 Å². The molecule has 45 heavy (non-hydrogen) atoms. The van der Waals surface area contributed by atoms with E-state index in [1.54, 1.807) is 0 Å². The van der Waals surface area contributed by atoms with E-state index in [-0.39, 0.29) is 35.6 Å². The van der Waals surface area contributed by atoms with Crippen LogP contribution in [0, 0.1) is 6.08 Å². The third-order valence-corrected chi connectivity index (χ3v) is 9.88. The Morgan fingerprint density at radius 1 is 0.800 bits per heavy atom. The summed E-state index contributed by atoms with van der Waals surface area (Å²) in [5, 5.41) is 0. The van der Waals surface area contributed by atoms with Gasteiger partial charge in [-0.05, 0) is 58.4 Å². The molecule has 3 aliphatic rings. The second-order valence-electron chi connectivity index (χ2n) is 14.6. The van der Waals surface area contributed by atoms with E-state index in [0.717, 1.165) is 6.42 Å². The van der Waals surface area contributed by atoms with Gasteiger partial charge in [0.25, 0.3) is 0 Å². The molecule has 4 aromatic rings. The number of allylic oxidation sites excluding steroid dienone is 4. The minimum Gasteiger partial charge on any atom is -1.00 e. The number of rotatable bonds is 1. The average molecular weight is 713 g/mol.